The number of hydrogen-bond acceptors (Lipinski definition) is 6. The second kappa shape index (κ2) is 9.73. The van der Waals surface area contributed by atoms with Crippen LogP contribution in [0.1, 0.15) is 41.4 Å². The number of aryl methyl sites for hydroxylation is 1. The molecule has 2 heterocycles. The Kier molecular flexibility index (Phi) is 6.58. The van der Waals surface area contributed by atoms with E-state index in [-0.39, 0.29) is 34.1 Å². The summed E-state index contributed by atoms with van der Waals surface area (Å²) in [7, 11) is -3.92. The minimum Gasteiger partial charge on any atom is -0.331 e. The number of aromatic nitrogens is 2. The van der Waals surface area contributed by atoms with Crippen LogP contribution in [-0.4, -0.2) is 34.0 Å². The summed E-state index contributed by atoms with van der Waals surface area (Å²) in [5, 5.41) is 11.6. The van der Waals surface area contributed by atoms with Crippen LogP contribution in [0.4, 0.5) is 5.69 Å². The van der Waals surface area contributed by atoms with E-state index in [0.717, 1.165) is 5.56 Å². The zero-order chi connectivity index (χ0) is 27.2. The quantitative estimate of drug-likeness (QED) is 0.244. The second-order valence-corrected chi connectivity index (χ2v) is 11.5. The highest BCUT2D eigenvalue weighted by Gasteiger charge is 2.38. The lowest BCUT2D eigenvalue weighted by Gasteiger charge is -2.14. The molecule has 0 radical (unpaired) electrons. The van der Waals surface area contributed by atoms with E-state index in [2.05, 4.69) is 9.71 Å². The zero-order valence-electron chi connectivity index (χ0n) is 20.2. The van der Waals surface area contributed by atoms with Crippen LogP contribution in [0.3, 0.4) is 0 Å². The number of nitro benzene ring substituents is 1. The number of halogens is 1. The van der Waals surface area contributed by atoms with E-state index in [1.807, 2.05) is 19.1 Å². The SMILES string of the molecule is CCc1ccc2c(c1)c(-c1ccc[nH]c1=O)c(C(=O)NS(=O)(=O)C1CC1)n2Cc1cc([N+](=O)[O-])ccc1Cl. The van der Waals surface area contributed by atoms with Crippen LogP contribution < -0.4 is 10.3 Å². The molecule has 1 fully saturated rings. The van der Waals surface area contributed by atoms with E-state index in [1.54, 1.807) is 22.8 Å². The summed E-state index contributed by atoms with van der Waals surface area (Å²) >= 11 is 6.40. The maximum absolute atomic E-state index is 13.7. The standard InChI is InChI=1S/C26H23ClN4O6S/c1-2-15-5-10-22-20(12-15)23(19-4-3-11-28-25(19)32)24(26(33)29-38(36,37)18-7-8-18)30(22)14-16-13-17(31(34)35)6-9-21(16)27/h3-6,9-13,18H,2,7-8,14H2,1H3,(H,28,32)(H,29,33). The predicted molar refractivity (Wildman–Crippen MR) is 144 cm³/mol. The van der Waals surface area contributed by atoms with Gasteiger partial charge in [0.25, 0.3) is 17.2 Å². The number of non-ortho nitro benzene ring substituents is 1. The summed E-state index contributed by atoms with van der Waals surface area (Å²) in [4.78, 5) is 40.1. The number of hydrogen-bond donors (Lipinski definition) is 2. The van der Waals surface area contributed by atoms with Crippen molar-refractivity contribution in [2.24, 2.45) is 0 Å². The number of pyridine rings is 1. The molecule has 0 bridgehead atoms. The molecule has 196 valence electrons. The van der Waals surface area contributed by atoms with E-state index < -0.39 is 31.7 Å². The molecule has 1 aliphatic rings. The highest BCUT2D eigenvalue weighted by Crippen LogP contribution is 2.37. The number of aromatic amines is 1. The Morgan fingerprint density at radius 3 is 2.63 bits per heavy atom. The molecule has 0 saturated heterocycles. The van der Waals surface area contributed by atoms with Gasteiger partial charge < -0.3 is 9.55 Å². The number of amides is 1. The number of carbonyl (C=O) groups is 1. The summed E-state index contributed by atoms with van der Waals surface area (Å²) in [6, 6.07) is 12.7. The van der Waals surface area contributed by atoms with Crippen molar-refractivity contribution in [3.05, 3.63) is 97.0 Å². The van der Waals surface area contributed by atoms with Gasteiger partial charge in [0, 0.05) is 45.4 Å². The van der Waals surface area contributed by atoms with Crippen LogP contribution in [0, 0.1) is 10.1 Å². The van der Waals surface area contributed by atoms with Crippen LogP contribution in [0.25, 0.3) is 22.0 Å². The maximum atomic E-state index is 13.7. The lowest BCUT2D eigenvalue weighted by Crippen LogP contribution is -2.35. The lowest BCUT2D eigenvalue weighted by molar-refractivity contribution is -0.384. The Morgan fingerprint density at radius 2 is 1.97 bits per heavy atom. The van der Waals surface area contributed by atoms with Crippen molar-refractivity contribution in [2.45, 2.75) is 38.0 Å². The van der Waals surface area contributed by atoms with Crippen molar-refractivity contribution in [3.8, 4) is 11.1 Å². The third kappa shape index (κ3) is 4.70. The average Bonchev–Trinajstić information content (AvgIpc) is 3.70. The fraction of sp³-hybridized carbons (Fsp3) is 0.231. The van der Waals surface area contributed by atoms with E-state index in [0.29, 0.717) is 35.7 Å². The predicted octanol–water partition coefficient (Wildman–Crippen LogP) is 4.39. The molecule has 1 saturated carbocycles. The number of H-pyrrole nitrogens is 1. The number of sulfonamides is 1. The number of carbonyl (C=O) groups excluding carboxylic acids is 1. The van der Waals surface area contributed by atoms with E-state index in [4.69, 9.17) is 11.6 Å². The number of rotatable bonds is 8. The maximum Gasteiger partial charge on any atom is 0.282 e. The highest BCUT2D eigenvalue weighted by molar-refractivity contribution is 7.91. The van der Waals surface area contributed by atoms with Gasteiger partial charge in [0.2, 0.25) is 10.0 Å². The molecule has 2 aromatic carbocycles. The summed E-state index contributed by atoms with van der Waals surface area (Å²) in [5.74, 6) is -0.897. The molecule has 10 nitrogen and oxygen atoms in total. The van der Waals surface area contributed by atoms with Gasteiger partial charge in [-0.15, -0.1) is 0 Å². The summed E-state index contributed by atoms with van der Waals surface area (Å²) in [5.41, 5.74) is 1.58. The zero-order valence-corrected chi connectivity index (χ0v) is 21.8. The Labute approximate surface area is 222 Å². The van der Waals surface area contributed by atoms with E-state index in [9.17, 15) is 28.1 Å². The molecule has 2 N–H and O–H groups in total. The van der Waals surface area contributed by atoms with E-state index >= 15 is 0 Å². The van der Waals surface area contributed by atoms with Crippen LogP contribution in [0.2, 0.25) is 5.02 Å². The van der Waals surface area contributed by atoms with Crippen LogP contribution >= 0.6 is 11.6 Å². The Balaban J connectivity index is 1.81. The minimum absolute atomic E-state index is 0.0586. The smallest absolute Gasteiger partial charge is 0.282 e. The first-order valence-corrected chi connectivity index (χ1v) is 13.8. The fourth-order valence-electron chi connectivity index (χ4n) is 4.52. The summed E-state index contributed by atoms with van der Waals surface area (Å²) in [6.07, 6.45) is 3.06. The molecule has 0 aliphatic heterocycles. The lowest BCUT2D eigenvalue weighted by atomic mass is 10.0. The number of nitro groups is 1. The van der Waals surface area contributed by atoms with E-state index in [1.165, 1.54) is 24.4 Å². The third-order valence-corrected chi connectivity index (χ3v) is 8.79. The van der Waals surface area contributed by atoms with Gasteiger partial charge in [0.15, 0.2) is 0 Å². The average molecular weight is 555 g/mol. The normalized spacial score (nSPS) is 13.5. The van der Waals surface area contributed by atoms with Crippen molar-refractivity contribution in [1.82, 2.24) is 14.3 Å². The first kappa shape index (κ1) is 25.7. The van der Waals surface area contributed by atoms with Gasteiger partial charge in [-0.1, -0.05) is 24.6 Å². The van der Waals surface area contributed by atoms with Gasteiger partial charge in [-0.2, -0.15) is 0 Å². The van der Waals surface area contributed by atoms with Gasteiger partial charge in [-0.05, 0) is 60.7 Å². The largest absolute Gasteiger partial charge is 0.331 e. The molecule has 0 unspecified atom stereocenters. The second-order valence-electron chi connectivity index (χ2n) is 9.14. The summed E-state index contributed by atoms with van der Waals surface area (Å²) < 4.78 is 29.2. The molecule has 12 heteroatoms. The van der Waals surface area contributed by atoms with Crippen molar-refractivity contribution in [1.29, 1.82) is 0 Å². The van der Waals surface area contributed by atoms with Crippen LogP contribution in [0.5, 0.6) is 0 Å². The van der Waals surface area contributed by atoms with Gasteiger partial charge in [0.1, 0.15) is 5.69 Å². The molecule has 0 atom stereocenters. The molecule has 2 aromatic heterocycles. The van der Waals surface area contributed by atoms with Crippen molar-refractivity contribution in [2.75, 3.05) is 0 Å². The minimum atomic E-state index is -3.92. The van der Waals surface area contributed by atoms with Crippen molar-refractivity contribution < 1.29 is 18.1 Å². The fourth-order valence-corrected chi connectivity index (χ4v) is 5.97. The molecule has 4 aromatic rings. The topological polar surface area (TPSA) is 144 Å². The first-order valence-electron chi connectivity index (χ1n) is 11.9. The van der Waals surface area contributed by atoms with Gasteiger partial charge >= 0.3 is 0 Å². The molecule has 38 heavy (non-hydrogen) atoms. The van der Waals surface area contributed by atoms with Gasteiger partial charge in [-0.25, -0.2) is 13.1 Å². The number of nitrogens with zero attached hydrogens (tertiary/aromatic N) is 2. The van der Waals surface area contributed by atoms with Crippen molar-refractivity contribution >= 4 is 44.1 Å². The molecule has 5 rings (SSSR count). The highest BCUT2D eigenvalue weighted by atomic mass is 35.5. The number of nitrogens with one attached hydrogen (secondary N) is 2. The van der Waals surface area contributed by atoms with Crippen LogP contribution in [0.15, 0.2) is 59.5 Å². The third-order valence-electron chi connectivity index (χ3n) is 6.61. The first-order chi connectivity index (χ1) is 18.1. The molecule has 0 spiro atoms. The molecular formula is C26H23ClN4O6S. The van der Waals surface area contributed by atoms with Crippen LogP contribution in [-0.2, 0) is 23.0 Å². The number of benzene rings is 2. The number of fused-ring (bicyclic) bond motifs is 1. The Bertz CT molecular complexity index is 1770. The monoisotopic (exact) mass is 554 g/mol. The molecular weight excluding hydrogens is 532 g/mol. The van der Waals surface area contributed by atoms with Gasteiger partial charge in [0.05, 0.1) is 16.7 Å². The Hall–Kier alpha value is -3.96. The van der Waals surface area contributed by atoms with Crippen molar-refractivity contribution in [3.63, 3.8) is 0 Å². The molecule has 1 aliphatic carbocycles. The Morgan fingerprint density at radius 1 is 1.21 bits per heavy atom. The van der Waals surface area contributed by atoms with Gasteiger partial charge in [-0.3, -0.25) is 19.7 Å². The molecule has 1 amide bonds. The summed E-state index contributed by atoms with van der Waals surface area (Å²) in [6.45, 7) is 1.88.